The SMILES string of the molecule is Cc1ccn(CCNCc2ccc(C)s2)c(=O)c1. The van der Waals surface area contributed by atoms with E-state index in [0.717, 1.165) is 18.7 Å². The molecule has 18 heavy (non-hydrogen) atoms. The highest BCUT2D eigenvalue weighted by Gasteiger charge is 1.98. The molecular weight excluding hydrogens is 244 g/mol. The van der Waals surface area contributed by atoms with Gasteiger partial charge in [0.25, 0.3) is 5.56 Å². The fourth-order valence-corrected chi connectivity index (χ4v) is 2.64. The van der Waals surface area contributed by atoms with Crippen LogP contribution in [0.15, 0.2) is 35.3 Å². The molecule has 0 aliphatic heterocycles. The van der Waals surface area contributed by atoms with E-state index < -0.39 is 0 Å². The Morgan fingerprint density at radius 2 is 2.11 bits per heavy atom. The number of pyridine rings is 1. The molecule has 0 amide bonds. The van der Waals surface area contributed by atoms with Gasteiger partial charge in [-0.2, -0.15) is 0 Å². The maximum absolute atomic E-state index is 11.6. The predicted octanol–water partition coefficient (Wildman–Crippen LogP) is 2.32. The highest BCUT2D eigenvalue weighted by atomic mass is 32.1. The zero-order valence-electron chi connectivity index (χ0n) is 10.8. The molecule has 0 aliphatic rings. The van der Waals surface area contributed by atoms with Crippen LogP contribution in [0.4, 0.5) is 0 Å². The number of rotatable bonds is 5. The van der Waals surface area contributed by atoms with Gasteiger partial charge in [-0.15, -0.1) is 11.3 Å². The minimum Gasteiger partial charge on any atom is -0.314 e. The molecule has 0 aliphatic carbocycles. The van der Waals surface area contributed by atoms with Gasteiger partial charge in [-0.3, -0.25) is 4.79 Å². The van der Waals surface area contributed by atoms with Crippen molar-refractivity contribution in [2.24, 2.45) is 0 Å². The van der Waals surface area contributed by atoms with Crippen molar-refractivity contribution >= 4 is 11.3 Å². The minimum absolute atomic E-state index is 0.0729. The summed E-state index contributed by atoms with van der Waals surface area (Å²) in [7, 11) is 0. The van der Waals surface area contributed by atoms with Gasteiger partial charge in [-0.05, 0) is 37.6 Å². The quantitative estimate of drug-likeness (QED) is 0.839. The highest BCUT2D eigenvalue weighted by molar-refractivity contribution is 7.11. The summed E-state index contributed by atoms with van der Waals surface area (Å²) in [6.07, 6.45) is 1.86. The molecule has 0 aromatic carbocycles. The summed E-state index contributed by atoms with van der Waals surface area (Å²) in [4.78, 5) is 14.3. The van der Waals surface area contributed by atoms with Crippen LogP contribution in [0, 0.1) is 13.8 Å². The maximum Gasteiger partial charge on any atom is 0.250 e. The average Bonchev–Trinajstić information content (AvgIpc) is 2.73. The van der Waals surface area contributed by atoms with E-state index in [9.17, 15) is 4.79 Å². The molecule has 96 valence electrons. The Labute approximate surface area is 111 Å². The standard InChI is InChI=1S/C14H18N2OS/c1-11-5-7-16(14(17)9-11)8-6-15-10-13-4-3-12(2)18-13/h3-5,7,9,15H,6,8,10H2,1-2H3. The van der Waals surface area contributed by atoms with Gasteiger partial charge in [0, 0.05) is 41.7 Å². The van der Waals surface area contributed by atoms with Crippen molar-refractivity contribution in [3.63, 3.8) is 0 Å². The van der Waals surface area contributed by atoms with E-state index in [1.807, 2.05) is 30.5 Å². The lowest BCUT2D eigenvalue weighted by Crippen LogP contribution is -2.26. The van der Waals surface area contributed by atoms with Crippen LogP contribution in [-0.4, -0.2) is 11.1 Å². The number of thiophene rings is 1. The Balaban J connectivity index is 1.80. The van der Waals surface area contributed by atoms with Crippen molar-refractivity contribution in [2.45, 2.75) is 26.9 Å². The van der Waals surface area contributed by atoms with Crippen molar-refractivity contribution in [1.82, 2.24) is 9.88 Å². The van der Waals surface area contributed by atoms with Crippen molar-refractivity contribution in [1.29, 1.82) is 0 Å². The van der Waals surface area contributed by atoms with Gasteiger partial charge < -0.3 is 9.88 Å². The molecule has 0 atom stereocenters. The van der Waals surface area contributed by atoms with Crippen LogP contribution in [0.3, 0.4) is 0 Å². The third kappa shape index (κ3) is 3.55. The zero-order valence-corrected chi connectivity index (χ0v) is 11.6. The summed E-state index contributed by atoms with van der Waals surface area (Å²) in [5, 5.41) is 3.36. The minimum atomic E-state index is 0.0729. The van der Waals surface area contributed by atoms with Crippen LogP contribution in [0.5, 0.6) is 0 Å². The molecule has 2 heterocycles. The van der Waals surface area contributed by atoms with E-state index in [1.165, 1.54) is 9.75 Å². The van der Waals surface area contributed by atoms with E-state index in [1.54, 1.807) is 10.6 Å². The second-order valence-electron chi connectivity index (χ2n) is 4.42. The van der Waals surface area contributed by atoms with Crippen molar-refractivity contribution in [2.75, 3.05) is 6.54 Å². The monoisotopic (exact) mass is 262 g/mol. The highest BCUT2D eigenvalue weighted by Crippen LogP contribution is 2.14. The fourth-order valence-electron chi connectivity index (χ4n) is 1.78. The van der Waals surface area contributed by atoms with Crippen LogP contribution in [-0.2, 0) is 13.1 Å². The average molecular weight is 262 g/mol. The molecule has 0 spiro atoms. The van der Waals surface area contributed by atoms with Crippen molar-refractivity contribution < 1.29 is 0 Å². The lowest BCUT2D eigenvalue weighted by atomic mass is 10.3. The summed E-state index contributed by atoms with van der Waals surface area (Å²) in [5.41, 5.74) is 1.09. The summed E-state index contributed by atoms with van der Waals surface area (Å²) in [6, 6.07) is 7.91. The molecule has 3 nitrogen and oxygen atoms in total. The van der Waals surface area contributed by atoms with Crippen molar-refractivity contribution in [3.05, 3.63) is 56.1 Å². The van der Waals surface area contributed by atoms with Gasteiger partial charge in [0.1, 0.15) is 0 Å². The summed E-state index contributed by atoms with van der Waals surface area (Å²) in [5.74, 6) is 0. The molecule has 2 aromatic heterocycles. The summed E-state index contributed by atoms with van der Waals surface area (Å²) in [6.45, 7) is 6.44. The number of aryl methyl sites for hydroxylation is 2. The molecule has 1 N–H and O–H groups in total. The van der Waals surface area contributed by atoms with E-state index >= 15 is 0 Å². The molecule has 4 heteroatoms. The second kappa shape index (κ2) is 5.98. The molecule has 0 fully saturated rings. The Bertz CT molecular complexity index is 571. The Morgan fingerprint density at radius 3 is 2.78 bits per heavy atom. The van der Waals surface area contributed by atoms with Crippen LogP contribution in [0.2, 0.25) is 0 Å². The third-order valence-electron chi connectivity index (χ3n) is 2.78. The first-order valence-electron chi connectivity index (χ1n) is 6.08. The first kappa shape index (κ1) is 13.1. The molecule has 2 rings (SSSR count). The topological polar surface area (TPSA) is 34.0 Å². The number of nitrogens with zero attached hydrogens (tertiary/aromatic N) is 1. The Morgan fingerprint density at radius 1 is 1.28 bits per heavy atom. The molecule has 0 radical (unpaired) electrons. The zero-order chi connectivity index (χ0) is 13.0. The smallest absolute Gasteiger partial charge is 0.250 e. The van der Waals surface area contributed by atoms with Gasteiger partial charge in [0.2, 0.25) is 0 Å². The first-order valence-corrected chi connectivity index (χ1v) is 6.90. The third-order valence-corrected chi connectivity index (χ3v) is 3.78. The molecule has 2 aromatic rings. The first-order chi connectivity index (χ1) is 8.65. The number of hydrogen-bond donors (Lipinski definition) is 1. The molecule has 0 saturated heterocycles. The van der Waals surface area contributed by atoms with Crippen LogP contribution in [0.1, 0.15) is 15.3 Å². The normalized spacial score (nSPS) is 10.8. The molecular formula is C14H18N2OS. The van der Waals surface area contributed by atoms with Gasteiger partial charge in [-0.25, -0.2) is 0 Å². The number of hydrogen-bond acceptors (Lipinski definition) is 3. The second-order valence-corrected chi connectivity index (χ2v) is 5.80. The predicted molar refractivity (Wildman–Crippen MR) is 76.2 cm³/mol. The molecule has 0 bridgehead atoms. The van der Waals surface area contributed by atoms with Gasteiger partial charge in [0.15, 0.2) is 0 Å². The van der Waals surface area contributed by atoms with E-state index in [0.29, 0.717) is 6.54 Å². The van der Waals surface area contributed by atoms with Crippen LogP contribution >= 0.6 is 11.3 Å². The van der Waals surface area contributed by atoms with Crippen molar-refractivity contribution in [3.8, 4) is 0 Å². The maximum atomic E-state index is 11.6. The van der Waals surface area contributed by atoms with Gasteiger partial charge in [0.05, 0.1) is 0 Å². The largest absolute Gasteiger partial charge is 0.314 e. The van der Waals surface area contributed by atoms with Crippen LogP contribution in [0.25, 0.3) is 0 Å². The van der Waals surface area contributed by atoms with E-state index in [-0.39, 0.29) is 5.56 Å². The lowest BCUT2D eigenvalue weighted by Gasteiger charge is -2.06. The van der Waals surface area contributed by atoms with Gasteiger partial charge >= 0.3 is 0 Å². The number of aromatic nitrogens is 1. The lowest BCUT2D eigenvalue weighted by molar-refractivity contribution is 0.587. The molecule has 0 unspecified atom stereocenters. The van der Waals surface area contributed by atoms with E-state index in [4.69, 9.17) is 0 Å². The summed E-state index contributed by atoms with van der Waals surface area (Å²) < 4.78 is 1.74. The Hall–Kier alpha value is -1.39. The molecule has 0 saturated carbocycles. The van der Waals surface area contributed by atoms with Crippen LogP contribution < -0.4 is 10.9 Å². The Kier molecular flexibility index (Phi) is 4.33. The van der Waals surface area contributed by atoms with E-state index in [2.05, 4.69) is 24.4 Å². The summed E-state index contributed by atoms with van der Waals surface area (Å²) >= 11 is 1.81. The number of nitrogens with one attached hydrogen (secondary N) is 1. The fraction of sp³-hybridized carbons (Fsp3) is 0.357. The van der Waals surface area contributed by atoms with Gasteiger partial charge in [-0.1, -0.05) is 0 Å².